The molecule has 0 atom stereocenters. The standard InChI is InChI=1S/C19H25N3.2ClH/c1-2-4-19-16(3-1)7-8-18(21-19)14-22-11-9-17(10-12-22)20-13-15-5-6-15;;/h1-4,7-8,15,17,20H,5-6,9-14H2;2*1H. The molecule has 1 aliphatic heterocycles. The summed E-state index contributed by atoms with van der Waals surface area (Å²) in [6.07, 6.45) is 5.44. The number of likely N-dealkylation sites (tertiary alicyclic amines) is 1. The number of nitrogens with one attached hydrogen (secondary N) is 1. The lowest BCUT2D eigenvalue weighted by molar-refractivity contribution is 0.188. The first kappa shape index (κ1) is 19.5. The number of aromatic nitrogens is 1. The quantitative estimate of drug-likeness (QED) is 0.863. The van der Waals surface area contributed by atoms with E-state index in [4.69, 9.17) is 4.98 Å². The molecular weight excluding hydrogens is 341 g/mol. The van der Waals surface area contributed by atoms with Gasteiger partial charge in [-0.3, -0.25) is 9.88 Å². The minimum absolute atomic E-state index is 0. The van der Waals surface area contributed by atoms with Gasteiger partial charge in [-0.15, -0.1) is 24.8 Å². The molecule has 1 aliphatic carbocycles. The van der Waals surface area contributed by atoms with E-state index in [9.17, 15) is 0 Å². The van der Waals surface area contributed by atoms with Gasteiger partial charge >= 0.3 is 0 Å². The molecule has 0 amide bonds. The number of piperidine rings is 1. The number of fused-ring (bicyclic) bond motifs is 1. The fraction of sp³-hybridized carbons (Fsp3) is 0.526. The van der Waals surface area contributed by atoms with E-state index in [0.717, 1.165) is 24.0 Å². The summed E-state index contributed by atoms with van der Waals surface area (Å²) in [6.45, 7) is 4.62. The third-order valence-corrected chi connectivity index (χ3v) is 5.02. The summed E-state index contributed by atoms with van der Waals surface area (Å²) in [7, 11) is 0. The topological polar surface area (TPSA) is 28.2 Å². The summed E-state index contributed by atoms with van der Waals surface area (Å²) in [5, 5.41) is 4.98. The van der Waals surface area contributed by atoms with Gasteiger partial charge in [0.2, 0.25) is 0 Å². The molecule has 0 spiro atoms. The lowest BCUT2D eigenvalue weighted by Gasteiger charge is -2.32. The highest BCUT2D eigenvalue weighted by Crippen LogP contribution is 2.28. The molecule has 2 heterocycles. The van der Waals surface area contributed by atoms with Crippen LogP contribution in [0.4, 0.5) is 0 Å². The molecular formula is C19H27Cl2N3. The molecule has 132 valence electrons. The first-order valence-electron chi connectivity index (χ1n) is 8.67. The van der Waals surface area contributed by atoms with Crippen LogP contribution >= 0.6 is 24.8 Å². The van der Waals surface area contributed by atoms with Crippen molar-refractivity contribution in [1.82, 2.24) is 15.2 Å². The van der Waals surface area contributed by atoms with Crippen molar-refractivity contribution in [3.05, 3.63) is 42.1 Å². The zero-order valence-corrected chi connectivity index (χ0v) is 15.6. The normalized spacial score (nSPS) is 18.8. The Morgan fingerprint density at radius 1 is 0.958 bits per heavy atom. The Kier molecular flexibility index (Phi) is 7.30. The third-order valence-electron chi connectivity index (χ3n) is 5.02. The Morgan fingerprint density at radius 3 is 2.46 bits per heavy atom. The molecule has 1 aromatic heterocycles. The van der Waals surface area contributed by atoms with Crippen LogP contribution in [-0.4, -0.2) is 35.6 Å². The molecule has 2 aliphatic rings. The molecule has 24 heavy (non-hydrogen) atoms. The van der Waals surface area contributed by atoms with E-state index in [2.05, 4.69) is 46.6 Å². The minimum atomic E-state index is 0. The summed E-state index contributed by atoms with van der Waals surface area (Å²) in [5.41, 5.74) is 2.31. The highest BCUT2D eigenvalue weighted by atomic mass is 35.5. The first-order valence-corrected chi connectivity index (χ1v) is 8.67. The van der Waals surface area contributed by atoms with Gasteiger partial charge in [-0.2, -0.15) is 0 Å². The number of para-hydroxylation sites is 1. The van der Waals surface area contributed by atoms with Crippen molar-refractivity contribution in [3.63, 3.8) is 0 Å². The van der Waals surface area contributed by atoms with E-state index in [1.54, 1.807) is 0 Å². The van der Waals surface area contributed by atoms with Crippen molar-refractivity contribution in [2.75, 3.05) is 19.6 Å². The zero-order valence-electron chi connectivity index (χ0n) is 14.0. The summed E-state index contributed by atoms with van der Waals surface area (Å²) in [4.78, 5) is 7.35. The number of benzene rings is 1. The first-order chi connectivity index (χ1) is 10.9. The Bertz CT molecular complexity index is 637. The predicted octanol–water partition coefficient (Wildman–Crippen LogP) is 4.04. The summed E-state index contributed by atoms with van der Waals surface area (Å²) >= 11 is 0. The number of hydrogen-bond donors (Lipinski definition) is 1. The van der Waals surface area contributed by atoms with Crippen LogP contribution in [0.3, 0.4) is 0 Å². The molecule has 1 aromatic carbocycles. The Labute approximate surface area is 157 Å². The lowest BCUT2D eigenvalue weighted by Crippen LogP contribution is -2.42. The van der Waals surface area contributed by atoms with Gasteiger partial charge in [-0.05, 0) is 50.3 Å². The van der Waals surface area contributed by atoms with Crippen molar-refractivity contribution in [2.45, 2.75) is 38.3 Å². The van der Waals surface area contributed by atoms with Gasteiger partial charge in [-0.25, -0.2) is 0 Å². The molecule has 0 unspecified atom stereocenters. The van der Waals surface area contributed by atoms with Crippen LogP contribution in [0.5, 0.6) is 0 Å². The van der Waals surface area contributed by atoms with E-state index in [1.807, 2.05) is 0 Å². The van der Waals surface area contributed by atoms with Crippen LogP contribution in [0.25, 0.3) is 10.9 Å². The van der Waals surface area contributed by atoms with Gasteiger partial charge in [0.15, 0.2) is 0 Å². The SMILES string of the molecule is Cl.Cl.c1ccc2nc(CN3CCC(NCC4CC4)CC3)ccc2c1. The van der Waals surface area contributed by atoms with E-state index >= 15 is 0 Å². The van der Waals surface area contributed by atoms with E-state index in [-0.39, 0.29) is 24.8 Å². The monoisotopic (exact) mass is 367 g/mol. The van der Waals surface area contributed by atoms with E-state index < -0.39 is 0 Å². The molecule has 1 saturated heterocycles. The van der Waals surface area contributed by atoms with Gasteiger partial charge < -0.3 is 5.32 Å². The van der Waals surface area contributed by atoms with Gasteiger partial charge in [0, 0.05) is 31.1 Å². The second-order valence-electron chi connectivity index (χ2n) is 6.90. The van der Waals surface area contributed by atoms with Crippen LogP contribution in [0.1, 0.15) is 31.4 Å². The Hall–Kier alpha value is -0.870. The lowest BCUT2D eigenvalue weighted by atomic mass is 10.0. The number of halogens is 2. The highest BCUT2D eigenvalue weighted by Gasteiger charge is 2.24. The number of hydrogen-bond acceptors (Lipinski definition) is 3. The average molecular weight is 368 g/mol. The number of pyridine rings is 1. The molecule has 2 fully saturated rings. The maximum atomic E-state index is 4.80. The summed E-state index contributed by atoms with van der Waals surface area (Å²) in [6, 6.07) is 13.5. The smallest absolute Gasteiger partial charge is 0.0705 e. The van der Waals surface area contributed by atoms with Crippen LogP contribution in [0.15, 0.2) is 36.4 Å². The van der Waals surface area contributed by atoms with Crippen molar-refractivity contribution in [1.29, 1.82) is 0 Å². The maximum absolute atomic E-state index is 4.80. The van der Waals surface area contributed by atoms with Gasteiger partial charge in [0.1, 0.15) is 0 Å². The predicted molar refractivity (Wildman–Crippen MR) is 105 cm³/mol. The largest absolute Gasteiger partial charge is 0.314 e. The van der Waals surface area contributed by atoms with Crippen LogP contribution in [0.2, 0.25) is 0 Å². The Morgan fingerprint density at radius 2 is 1.71 bits per heavy atom. The molecule has 4 rings (SSSR count). The minimum Gasteiger partial charge on any atom is -0.314 e. The molecule has 2 aromatic rings. The molecule has 1 saturated carbocycles. The van der Waals surface area contributed by atoms with Gasteiger partial charge in [0.25, 0.3) is 0 Å². The highest BCUT2D eigenvalue weighted by molar-refractivity contribution is 5.85. The zero-order chi connectivity index (χ0) is 14.8. The fourth-order valence-corrected chi connectivity index (χ4v) is 3.38. The van der Waals surface area contributed by atoms with Crippen LogP contribution < -0.4 is 5.32 Å². The average Bonchev–Trinajstić information content (AvgIpc) is 3.38. The Balaban J connectivity index is 0.00000104. The molecule has 3 nitrogen and oxygen atoms in total. The van der Waals surface area contributed by atoms with Crippen molar-refractivity contribution in [3.8, 4) is 0 Å². The second-order valence-corrected chi connectivity index (χ2v) is 6.90. The van der Waals surface area contributed by atoms with Crippen molar-refractivity contribution < 1.29 is 0 Å². The van der Waals surface area contributed by atoms with Gasteiger partial charge in [0.05, 0.1) is 11.2 Å². The molecule has 1 N–H and O–H groups in total. The molecule has 0 bridgehead atoms. The molecule has 0 radical (unpaired) electrons. The van der Waals surface area contributed by atoms with E-state index in [1.165, 1.54) is 56.4 Å². The number of nitrogens with zero attached hydrogens (tertiary/aromatic N) is 2. The maximum Gasteiger partial charge on any atom is 0.0705 e. The molecule has 5 heteroatoms. The van der Waals surface area contributed by atoms with Crippen LogP contribution in [-0.2, 0) is 6.54 Å². The van der Waals surface area contributed by atoms with Crippen LogP contribution in [0, 0.1) is 5.92 Å². The summed E-state index contributed by atoms with van der Waals surface area (Å²) < 4.78 is 0. The van der Waals surface area contributed by atoms with Crippen molar-refractivity contribution >= 4 is 35.7 Å². The summed E-state index contributed by atoms with van der Waals surface area (Å²) in [5.74, 6) is 0.986. The second kappa shape index (κ2) is 9.00. The van der Waals surface area contributed by atoms with Gasteiger partial charge in [-0.1, -0.05) is 24.3 Å². The fourth-order valence-electron chi connectivity index (χ4n) is 3.38. The van der Waals surface area contributed by atoms with Crippen molar-refractivity contribution in [2.24, 2.45) is 5.92 Å². The van der Waals surface area contributed by atoms with E-state index in [0.29, 0.717) is 0 Å². The third kappa shape index (κ3) is 5.06. The number of rotatable bonds is 5.